The maximum atomic E-state index is 8.33. The van der Waals surface area contributed by atoms with Crippen LogP contribution in [0.15, 0.2) is 0 Å². The first-order valence-electron chi connectivity index (χ1n) is 0.612. The molecule has 0 unspecified atom stereocenters. The first-order chi connectivity index (χ1) is 1.73. The largest absolute Gasteiger partial charge is 2.00 e. The Kier molecular flexibility index (Phi) is 24.3. The van der Waals surface area contributed by atoms with E-state index in [2.05, 4.69) is 0 Å². The zero-order valence-electron chi connectivity index (χ0n) is 3.14. The van der Waals surface area contributed by atoms with Crippen molar-refractivity contribution in [1.29, 1.82) is 0 Å². The zero-order chi connectivity index (χ0) is 3.58. The van der Waals surface area contributed by atoms with Gasteiger partial charge in [0.1, 0.15) is 0 Å². The number of hydrogen-bond donors (Lipinski definition) is 0. The van der Waals surface area contributed by atoms with Crippen molar-refractivity contribution in [2.45, 2.75) is 0 Å². The van der Waals surface area contributed by atoms with E-state index in [1.165, 1.54) is 0 Å². The van der Waals surface area contributed by atoms with E-state index >= 15 is 0 Å². The fourth-order valence-corrected chi connectivity index (χ4v) is 0. The van der Waals surface area contributed by atoms with Gasteiger partial charge in [0.25, 0.3) is 0 Å². The van der Waals surface area contributed by atoms with Crippen molar-refractivity contribution in [3.8, 4) is 0 Å². The minimum absolute atomic E-state index is 0. The normalized spacial score (nSPS) is 4.00. The van der Waals surface area contributed by atoms with Crippen LogP contribution in [0.1, 0.15) is 0 Å². The van der Waals surface area contributed by atoms with Crippen LogP contribution in [0.3, 0.4) is 0 Å². The van der Waals surface area contributed by atoms with Gasteiger partial charge in [-0.05, 0) is 6.16 Å². The van der Waals surface area contributed by atoms with E-state index in [9.17, 15) is 0 Å². The second kappa shape index (κ2) is 9.10. The number of rotatable bonds is 0. The molecular formula is CO3Zn2+2. The van der Waals surface area contributed by atoms with Gasteiger partial charge in [0.05, 0.1) is 0 Å². The Hall–Kier alpha value is 0.517. The van der Waals surface area contributed by atoms with E-state index in [1.807, 2.05) is 0 Å². The van der Waals surface area contributed by atoms with Gasteiger partial charge in [0.2, 0.25) is 0 Å². The van der Waals surface area contributed by atoms with Crippen LogP contribution in [0.2, 0.25) is 0 Å². The third-order valence-electron chi connectivity index (χ3n) is 0. The summed E-state index contributed by atoms with van der Waals surface area (Å²) in [7, 11) is 0. The van der Waals surface area contributed by atoms with Gasteiger partial charge in [-0.2, -0.15) is 0 Å². The van der Waals surface area contributed by atoms with Gasteiger partial charge in [-0.1, -0.05) is 0 Å². The average Bonchev–Trinajstić information content (AvgIpc) is 0.811. The smallest absolute Gasteiger partial charge is 0.652 e. The van der Waals surface area contributed by atoms with Crippen LogP contribution < -0.4 is 10.2 Å². The molecule has 6 heavy (non-hydrogen) atoms. The maximum Gasteiger partial charge on any atom is 2.00 e. The van der Waals surface area contributed by atoms with E-state index < -0.39 is 6.16 Å². The Balaban J connectivity index is -0.0000000450. The molecule has 0 saturated heterocycles. The van der Waals surface area contributed by atoms with E-state index in [1.54, 1.807) is 0 Å². The van der Waals surface area contributed by atoms with Gasteiger partial charge in [0.15, 0.2) is 0 Å². The molecule has 0 fully saturated rings. The molecular weight excluding hydrogens is 191 g/mol. The molecule has 0 bridgehead atoms. The molecule has 0 aliphatic carbocycles. The Morgan fingerprint density at radius 2 is 1.17 bits per heavy atom. The third kappa shape index (κ3) is 209. The van der Waals surface area contributed by atoms with Crippen molar-refractivity contribution in [3.63, 3.8) is 0 Å². The standard InChI is InChI=1S/CH2O3.2Zn/c2-1(3)4;;/h(H2,2,3,4);;/q;2*+2/p-2. The number of carbonyl (C=O) groups is 1. The molecule has 0 aromatic heterocycles. The van der Waals surface area contributed by atoms with Crippen LogP contribution in [0.25, 0.3) is 0 Å². The molecule has 0 aromatic rings. The van der Waals surface area contributed by atoms with E-state index in [0.717, 1.165) is 0 Å². The summed E-state index contributed by atoms with van der Waals surface area (Å²) in [6.07, 6.45) is -2.33. The van der Waals surface area contributed by atoms with Crippen LogP contribution in [0.5, 0.6) is 0 Å². The first-order valence-corrected chi connectivity index (χ1v) is 0.612. The molecule has 0 radical (unpaired) electrons. The molecule has 0 aliphatic heterocycles. The summed E-state index contributed by atoms with van der Waals surface area (Å²) in [4.78, 5) is 8.33. The number of carboxylic acid groups (broad SMARTS) is 2. The van der Waals surface area contributed by atoms with Gasteiger partial charge in [-0.3, -0.25) is 0 Å². The molecule has 0 rings (SSSR count). The monoisotopic (exact) mass is 188 g/mol. The van der Waals surface area contributed by atoms with Crippen LogP contribution >= 0.6 is 0 Å². The van der Waals surface area contributed by atoms with Gasteiger partial charge >= 0.3 is 39.0 Å². The van der Waals surface area contributed by atoms with Gasteiger partial charge < -0.3 is 15.0 Å². The minimum Gasteiger partial charge on any atom is -0.652 e. The predicted octanol–water partition coefficient (Wildman–Crippen LogP) is -2.45. The molecule has 5 heteroatoms. The van der Waals surface area contributed by atoms with Crippen molar-refractivity contribution < 1.29 is 54.0 Å². The molecule has 3 nitrogen and oxygen atoms in total. The van der Waals surface area contributed by atoms with Crippen molar-refractivity contribution in [1.82, 2.24) is 0 Å². The van der Waals surface area contributed by atoms with Gasteiger partial charge in [-0.15, -0.1) is 0 Å². The molecule has 0 aliphatic rings. The SMILES string of the molecule is O=C([O-])[O-].[Zn+2].[Zn+2]. The first kappa shape index (κ1) is 16.0. The molecule has 0 atom stereocenters. The van der Waals surface area contributed by atoms with Crippen LogP contribution in [0.4, 0.5) is 4.79 Å². The molecule has 24 valence electrons. The topological polar surface area (TPSA) is 63.2 Å². The number of carbonyl (C=O) groups excluding carboxylic acids is 1. The Bertz CT molecular complexity index is 31.8. The third-order valence-corrected chi connectivity index (χ3v) is 0. The van der Waals surface area contributed by atoms with Crippen molar-refractivity contribution in [2.24, 2.45) is 0 Å². The molecule has 0 aromatic carbocycles. The summed E-state index contributed by atoms with van der Waals surface area (Å²) >= 11 is 0. The molecule has 0 saturated carbocycles. The Labute approximate surface area is 60.3 Å². The summed E-state index contributed by atoms with van der Waals surface area (Å²) < 4.78 is 0. The summed E-state index contributed by atoms with van der Waals surface area (Å²) in [5.74, 6) is 0. The molecule has 0 N–H and O–H groups in total. The second-order valence-electron chi connectivity index (χ2n) is 0.250. The van der Waals surface area contributed by atoms with E-state index in [4.69, 9.17) is 15.0 Å². The molecule has 0 spiro atoms. The number of hydrogen-bond acceptors (Lipinski definition) is 3. The summed E-state index contributed by atoms with van der Waals surface area (Å²) in [6.45, 7) is 0. The molecule has 0 amide bonds. The fourth-order valence-electron chi connectivity index (χ4n) is 0. The van der Waals surface area contributed by atoms with Crippen molar-refractivity contribution in [3.05, 3.63) is 0 Å². The summed E-state index contributed by atoms with van der Waals surface area (Å²) in [5, 5.41) is 16.7. The summed E-state index contributed by atoms with van der Waals surface area (Å²) in [6, 6.07) is 0. The van der Waals surface area contributed by atoms with Crippen LogP contribution in [-0.4, -0.2) is 6.16 Å². The quantitative estimate of drug-likeness (QED) is 0.399. The Morgan fingerprint density at radius 3 is 1.17 bits per heavy atom. The van der Waals surface area contributed by atoms with Gasteiger partial charge in [-0.25, -0.2) is 0 Å². The minimum atomic E-state index is -2.33. The van der Waals surface area contributed by atoms with E-state index in [-0.39, 0.29) is 39.0 Å². The fraction of sp³-hybridized carbons (Fsp3) is 0. The van der Waals surface area contributed by atoms with E-state index in [0.29, 0.717) is 0 Å². The predicted molar refractivity (Wildman–Crippen MR) is 5.40 cm³/mol. The summed E-state index contributed by atoms with van der Waals surface area (Å²) in [5.41, 5.74) is 0. The van der Waals surface area contributed by atoms with Crippen molar-refractivity contribution in [2.75, 3.05) is 0 Å². The molecule has 0 heterocycles. The maximum absolute atomic E-state index is 8.33. The van der Waals surface area contributed by atoms with Crippen molar-refractivity contribution >= 4 is 6.16 Å². The second-order valence-corrected chi connectivity index (χ2v) is 0.250. The van der Waals surface area contributed by atoms with Crippen LogP contribution in [-0.2, 0) is 39.0 Å². The Morgan fingerprint density at radius 1 is 1.17 bits per heavy atom. The average molecular weight is 191 g/mol. The zero-order valence-corrected chi connectivity index (χ0v) is 9.07. The van der Waals surface area contributed by atoms with Crippen LogP contribution in [0, 0.1) is 0 Å². The van der Waals surface area contributed by atoms with Gasteiger partial charge in [0, 0.05) is 0 Å².